The number of carboxylic acid groups (broad SMARTS) is 1. The zero-order valence-corrected chi connectivity index (χ0v) is 13.1. The molecular formula is C17H25NO3. The number of aliphatic carboxylic acids is 1. The summed E-state index contributed by atoms with van der Waals surface area (Å²) < 4.78 is 0. The van der Waals surface area contributed by atoms with Crippen LogP contribution in [-0.4, -0.2) is 17.0 Å². The summed E-state index contributed by atoms with van der Waals surface area (Å²) >= 11 is 0. The third kappa shape index (κ3) is 5.98. The molecule has 0 spiro atoms. The van der Waals surface area contributed by atoms with Gasteiger partial charge in [-0.05, 0) is 24.0 Å². The lowest BCUT2D eigenvalue weighted by molar-refractivity contribution is -0.137. The van der Waals surface area contributed by atoms with Gasteiger partial charge in [0.1, 0.15) is 0 Å². The summed E-state index contributed by atoms with van der Waals surface area (Å²) in [5.74, 6) is -0.673. The van der Waals surface area contributed by atoms with Crippen molar-refractivity contribution < 1.29 is 14.7 Å². The smallest absolute Gasteiger partial charge is 0.305 e. The van der Waals surface area contributed by atoms with Crippen molar-refractivity contribution >= 4 is 11.9 Å². The fraction of sp³-hybridized carbons (Fsp3) is 0.529. The highest BCUT2D eigenvalue weighted by molar-refractivity contribution is 5.78. The lowest BCUT2D eigenvalue weighted by Gasteiger charge is -2.20. The Bertz CT molecular complexity index is 485. The normalized spacial score (nSPS) is 13.5. The van der Waals surface area contributed by atoms with E-state index in [0.717, 1.165) is 24.0 Å². The fourth-order valence-corrected chi connectivity index (χ4v) is 2.56. The average molecular weight is 291 g/mol. The molecule has 116 valence electrons. The van der Waals surface area contributed by atoms with Crippen molar-refractivity contribution in [2.45, 2.75) is 52.5 Å². The third-order valence-corrected chi connectivity index (χ3v) is 3.59. The number of aryl methyl sites for hydroxylation is 1. The molecule has 0 aliphatic carbocycles. The zero-order chi connectivity index (χ0) is 15.8. The van der Waals surface area contributed by atoms with Gasteiger partial charge in [-0.25, -0.2) is 0 Å². The first kappa shape index (κ1) is 17.2. The van der Waals surface area contributed by atoms with Crippen LogP contribution in [-0.2, 0) is 9.59 Å². The standard InChI is InChI=1S/C17H25NO3/c1-4-7-12(2)10-16(19)18-15(11-17(20)21)14-9-6-5-8-13(14)3/h5-6,8-9,12,15H,4,7,10-11H2,1-3H3,(H,18,19)(H,20,21). The van der Waals surface area contributed by atoms with Crippen molar-refractivity contribution in [1.29, 1.82) is 0 Å². The number of benzene rings is 1. The largest absolute Gasteiger partial charge is 0.481 e. The summed E-state index contributed by atoms with van der Waals surface area (Å²) in [6.07, 6.45) is 2.39. The lowest BCUT2D eigenvalue weighted by atomic mass is 9.97. The van der Waals surface area contributed by atoms with E-state index in [2.05, 4.69) is 12.2 Å². The van der Waals surface area contributed by atoms with E-state index >= 15 is 0 Å². The van der Waals surface area contributed by atoms with Crippen molar-refractivity contribution in [3.05, 3.63) is 35.4 Å². The van der Waals surface area contributed by atoms with E-state index in [0.29, 0.717) is 12.3 Å². The highest BCUT2D eigenvalue weighted by Crippen LogP contribution is 2.21. The summed E-state index contributed by atoms with van der Waals surface area (Å²) in [5.41, 5.74) is 1.86. The van der Waals surface area contributed by atoms with Gasteiger partial charge in [-0.15, -0.1) is 0 Å². The minimum atomic E-state index is -0.912. The molecule has 4 nitrogen and oxygen atoms in total. The second kappa shape index (κ2) is 8.45. The average Bonchev–Trinajstić information content (AvgIpc) is 2.38. The van der Waals surface area contributed by atoms with Crippen LogP contribution in [0.5, 0.6) is 0 Å². The Kier molecular flexibility index (Phi) is 6.92. The van der Waals surface area contributed by atoms with Crippen LogP contribution < -0.4 is 5.32 Å². The summed E-state index contributed by atoms with van der Waals surface area (Å²) in [6, 6.07) is 7.10. The van der Waals surface area contributed by atoms with Crippen molar-refractivity contribution in [3.63, 3.8) is 0 Å². The minimum Gasteiger partial charge on any atom is -0.481 e. The van der Waals surface area contributed by atoms with Gasteiger partial charge < -0.3 is 10.4 Å². The van der Waals surface area contributed by atoms with Crippen molar-refractivity contribution in [1.82, 2.24) is 5.32 Å². The Morgan fingerprint density at radius 2 is 1.90 bits per heavy atom. The molecular weight excluding hydrogens is 266 g/mol. The number of carboxylic acids is 1. The Labute approximate surface area is 126 Å². The van der Waals surface area contributed by atoms with Crippen molar-refractivity contribution in [2.24, 2.45) is 5.92 Å². The number of hydrogen-bond donors (Lipinski definition) is 2. The first-order valence-corrected chi connectivity index (χ1v) is 7.50. The predicted molar refractivity (Wildman–Crippen MR) is 83.0 cm³/mol. The van der Waals surface area contributed by atoms with E-state index < -0.39 is 12.0 Å². The van der Waals surface area contributed by atoms with E-state index in [9.17, 15) is 9.59 Å². The zero-order valence-electron chi connectivity index (χ0n) is 13.1. The number of carbonyl (C=O) groups excluding carboxylic acids is 1. The van der Waals surface area contributed by atoms with Gasteiger partial charge in [0.25, 0.3) is 0 Å². The van der Waals surface area contributed by atoms with Gasteiger partial charge in [0.15, 0.2) is 0 Å². The lowest BCUT2D eigenvalue weighted by Crippen LogP contribution is -2.31. The molecule has 1 amide bonds. The van der Waals surface area contributed by atoms with Crippen LogP contribution in [0.25, 0.3) is 0 Å². The molecule has 2 N–H and O–H groups in total. The molecule has 21 heavy (non-hydrogen) atoms. The maximum absolute atomic E-state index is 12.1. The molecule has 4 heteroatoms. The third-order valence-electron chi connectivity index (χ3n) is 3.59. The molecule has 0 aromatic heterocycles. The van der Waals surface area contributed by atoms with Crippen molar-refractivity contribution in [3.8, 4) is 0 Å². The van der Waals surface area contributed by atoms with Gasteiger partial charge in [0.2, 0.25) is 5.91 Å². The maximum atomic E-state index is 12.1. The fourth-order valence-electron chi connectivity index (χ4n) is 2.56. The molecule has 0 radical (unpaired) electrons. The van der Waals surface area contributed by atoms with Crippen LogP contribution in [0.1, 0.15) is 56.7 Å². The molecule has 1 aromatic rings. The molecule has 2 atom stereocenters. The van der Waals surface area contributed by atoms with Gasteiger partial charge in [-0.1, -0.05) is 51.0 Å². The molecule has 0 aliphatic rings. The molecule has 0 bridgehead atoms. The molecule has 0 heterocycles. The highest BCUT2D eigenvalue weighted by Gasteiger charge is 2.20. The number of hydrogen-bond acceptors (Lipinski definition) is 2. The van der Waals surface area contributed by atoms with Crippen LogP contribution >= 0.6 is 0 Å². The van der Waals surface area contributed by atoms with Crippen molar-refractivity contribution in [2.75, 3.05) is 0 Å². The van der Waals surface area contributed by atoms with Crippen LogP contribution in [0.3, 0.4) is 0 Å². The first-order chi connectivity index (χ1) is 9.93. The van der Waals surface area contributed by atoms with Crippen LogP contribution in [0.15, 0.2) is 24.3 Å². The molecule has 0 saturated heterocycles. The summed E-state index contributed by atoms with van der Waals surface area (Å²) in [7, 11) is 0. The number of carbonyl (C=O) groups is 2. The Balaban J connectivity index is 2.77. The molecule has 0 aliphatic heterocycles. The van der Waals surface area contributed by atoms with Crippen LogP contribution in [0.2, 0.25) is 0 Å². The van der Waals surface area contributed by atoms with Crippen LogP contribution in [0.4, 0.5) is 0 Å². The summed E-state index contributed by atoms with van der Waals surface area (Å²) in [4.78, 5) is 23.1. The monoisotopic (exact) mass is 291 g/mol. The predicted octanol–water partition coefficient (Wildman–Crippen LogP) is 3.45. The highest BCUT2D eigenvalue weighted by atomic mass is 16.4. The van der Waals surface area contributed by atoms with Gasteiger partial charge in [-0.3, -0.25) is 9.59 Å². The number of rotatable bonds is 8. The summed E-state index contributed by atoms with van der Waals surface area (Å²) in [5, 5.41) is 11.9. The maximum Gasteiger partial charge on any atom is 0.305 e. The quantitative estimate of drug-likeness (QED) is 0.771. The number of amides is 1. The number of nitrogens with one attached hydrogen (secondary N) is 1. The first-order valence-electron chi connectivity index (χ1n) is 7.50. The Morgan fingerprint density at radius 1 is 1.24 bits per heavy atom. The topological polar surface area (TPSA) is 66.4 Å². The van der Waals surface area contributed by atoms with Gasteiger partial charge in [0.05, 0.1) is 12.5 Å². The molecule has 2 unspecified atom stereocenters. The molecule has 0 fully saturated rings. The SMILES string of the molecule is CCCC(C)CC(=O)NC(CC(=O)O)c1ccccc1C. The Morgan fingerprint density at radius 3 is 2.48 bits per heavy atom. The van der Waals surface area contributed by atoms with Crippen LogP contribution in [0, 0.1) is 12.8 Å². The second-order valence-corrected chi connectivity index (χ2v) is 5.67. The van der Waals surface area contributed by atoms with E-state index in [1.165, 1.54) is 0 Å². The minimum absolute atomic E-state index is 0.0783. The van der Waals surface area contributed by atoms with E-state index in [1.807, 2.05) is 38.1 Å². The second-order valence-electron chi connectivity index (χ2n) is 5.67. The van der Waals surface area contributed by atoms with Gasteiger partial charge >= 0.3 is 5.97 Å². The molecule has 1 rings (SSSR count). The van der Waals surface area contributed by atoms with E-state index in [-0.39, 0.29) is 12.3 Å². The molecule has 1 aromatic carbocycles. The molecule has 0 saturated carbocycles. The Hall–Kier alpha value is -1.84. The summed E-state index contributed by atoms with van der Waals surface area (Å²) in [6.45, 7) is 6.06. The van der Waals surface area contributed by atoms with E-state index in [4.69, 9.17) is 5.11 Å². The van der Waals surface area contributed by atoms with Gasteiger partial charge in [0, 0.05) is 6.42 Å². The van der Waals surface area contributed by atoms with Gasteiger partial charge in [-0.2, -0.15) is 0 Å². The van der Waals surface area contributed by atoms with E-state index in [1.54, 1.807) is 0 Å².